The highest BCUT2D eigenvalue weighted by Gasteiger charge is 1.88. The molecule has 0 aliphatic heterocycles. The van der Waals surface area contributed by atoms with E-state index in [1.54, 1.807) is 0 Å². The van der Waals surface area contributed by atoms with Crippen LogP contribution in [0, 0.1) is 0 Å². The summed E-state index contributed by atoms with van der Waals surface area (Å²) in [6.07, 6.45) is 10.4. The van der Waals surface area contributed by atoms with Crippen LogP contribution in [-0.4, -0.2) is 6.29 Å². The molecule has 15 heavy (non-hydrogen) atoms. The maximum absolute atomic E-state index is 10.3. The Labute approximate surface area is 93.6 Å². The van der Waals surface area contributed by atoms with E-state index in [0.717, 1.165) is 31.1 Å². The Morgan fingerprint density at radius 1 is 1.00 bits per heavy atom. The van der Waals surface area contributed by atoms with Gasteiger partial charge in [-0.05, 0) is 52.5 Å². The van der Waals surface area contributed by atoms with Gasteiger partial charge in [-0.2, -0.15) is 0 Å². The summed E-state index contributed by atoms with van der Waals surface area (Å²) in [4.78, 5) is 10.3. The number of hydrogen-bond donors (Lipinski definition) is 0. The maximum atomic E-state index is 10.3. The van der Waals surface area contributed by atoms with Gasteiger partial charge in [0.05, 0.1) is 0 Å². The van der Waals surface area contributed by atoms with Crippen LogP contribution < -0.4 is 0 Å². The van der Waals surface area contributed by atoms with E-state index < -0.39 is 0 Å². The third-order valence-corrected chi connectivity index (χ3v) is 2.18. The third-order valence-electron chi connectivity index (χ3n) is 2.18. The first-order chi connectivity index (χ1) is 7.06. The molecule has 1 heteroatoms. The van der Waals surface area contributed by atoms with Crippen molar-refractivity contribution in [1.82, 2.24) is 0 Å². The molecule has 0 spiro atoms. The van der Waals surface area contributed by atoms with Crippen molar-refractivity contribution in [1.29, 1.82) is 0 Å². The van der Waals surface area contributed by atoms with Gasteiger partial charge in [0.25, 0.3) is 0 Å². The molecule has 0 saturated heterocycles. The number of carbonyl (C=O) groups is 1. The fourth-order valence-electron chi connectivity index (χ4n) is 1.18. The number of carbonyl (C=O) groups excluding carboxylic acids is 1. The lowest BCUT2D eigenvalue weighted by molar-refractivity contribution is -0.104. The van der Waals surface area contributed by atoms with Crippen LogP contribution in [0.2, 0.25) is 0 Å². The van der Waals surface area contributed by atoms with Crippen molar-refractivity contribution in [3.05, 3.63) is 34.9 Å². The Kier molecular flexibility index (Phi) is 7.61. The van der Waals surface area contributed by atoms with Gasteiger partial charge in [0.1, 0.15) is 6.29 Å². The quantitative estimate of drug-likeness (QED) is 0.361. The summed E-state index contributed by atoms with van der Waals surface area (Å²) in [7, 11) is 0. The molecule has 0 atom stereocenters. The molecular weight excluding hydrogens is 184 g/mol. The zero-order valence-corrected chi connectivity index (χ0v) is 10.3. The first kappa shape index (κ1) is 13.9. The summed E-state index contributed by atoms with van der Waals surface area (Å²) >= 11 is 0. The zero-order chi connectivity index (χ0) is 11.7. The van der Waals surface area contributed by atoms with Crippen molar-refractivity contribution in [2.45, 2.75) is 47.0 Å². The number of hydrogen-bond acceptors (Lipinski definition) is 1. The molecule has 84 valence electrons. The average Bonchev–Trinajstić information content (AvgIpc) is 2.17. The summed E-state index contributed by atoms with van der Waals surface area (Å²) < 4.78 is 0. The fourth-order valence-corrected chi connectivity index (χ4v) is 1.18. The minimum Gasteiger partial charge on any atom is -0.298 e. The SMILES string of the molecule is CC(C)=CCC/C(C)=C/C/C=C(\C)C=O. The monoisotopic (exact) mass is 206 g/mol. The third kappa shape index (κ3) is 9.20. The second-order valence-electron chi connectivity index (χ2n) is 4.17. The van der Waals surface area contributed by atoms with Crippen LogP contribution in [0.4, 0.5) is 0 Å². The maximum Gasteiger partial charge on any atom is 0.145 e. The van der Waals surface area contributed by atoms with Crippen molar-refractivity contribution in [3.8, 4) is 0 Å². The van der Waals surface area contributed by atoms with Crippen LogP contribution in [-0.2, 0) is 4.79 Å². The first-order valence-corrected chi connectivity index (χ1v) is 5.47. The van der Waals surface area contributed by atoms with Crippen LogP contribution in [0.5, 0.6) is 0 Å². The molecule has 0 aromatic carbocycles. The largest absolute Gasteiger partial charge is 0.298 e. The molecule has 0 aliphatic rings. The summed E-state index contributed by atoms with van der Waals surface area (Å²) in [5.41, 5.74) is 3.57. The number of rotatable bonds is 6. The van der Waals surface area contributed by atoms with Gasteiger partial charge in [0.15, 0.2) is 0 Å². The lowest BCUT2D eigenvalue weighted by Gasteiger charge is -1.97. The van der Waals surface area contributed by atoms with E-state index in [4.69, 9.17) is 0 Å². The fraction of sp³-hybridized carbons (Fsp3) is 0.500. The average molecular weight is 206 g/mol. The summed E-state index contributed by atoms with van der Waals surface area (Å²) in [5.74, 6) is 0. The first-order valence-electron chi connectivity index (χ1n) is 5.47. The van der Waals surface area contributed by atoms with E-state index in [9.17, 15) is 4.79 Å². The van der Waals surface area contributed by atoms with Crippen molar-refractivity contribution in [2.24, 2.45) is 0 Å². The Morgan fingerprint density at radius 3 is 2.20 bits per heavy atom. The predicted octanol–water partition coefficient (Wildman–Crippen LogP) is 4.21. The highest BCUT2D eigenvalue weighted by atomic mass is 16.1. The Morgan fingerprint density at radius 2 is 1.67 bits per heavy atom. The highest BCUT2D eigenvalue weighted by molar-refractivity contribution is 5.71. The molecule has 0 radical (unpaired) electrons. The second kappa shape index (κ2) is 8.22. The molecule has 1 nitrogen and oxygen atoms in total. The van der Waals surface area contributed by atoms with E-state index in [0.29, 0.717) is 0 Å². The molecular formula is C14H22O. The number of aldehydes is 1. The van der Waals surface area contributed by atoms with Crippen molar-refractivity contribution in [3.63, 3.8) is 0 Å². The molecule has 0 amide bonds. The van der Waals surface area contributed by atoms with Crippen molar-refractivity contribution >= 4 is 6.29 Å². The van der Waals surface area contributed by atoms with Crippen LogP contribution in [0.15, 0.2) is 34.9 Å². The second-order valence-corrected chi connectivity index (χ2v) is 4.17. The molecule has 0 aliphatic carbocycles. The van der Waals surface area contributed by atoms with Gasteiger partial charge >= 0.3 is 0 Å². The Hall–Kier alpha value is -1.11. The van der Waals surface area contributed by atoms with Gasteiger partial charge in [-0.3, -0.25) is 4.79 Å². The molecule has 0 saturated carbocycles. The van der Waals surface area contributed by atoms with Gasteiger partial charge in [-0.15, -0.1) is 0 Å². The smallest absolute Gasteiger partial charge is 0.145 e. The molecule has 0 fully saturated rings. The minimum absolute atomic E-state index is 0.809. The van der Waals surface area contributed by atoms with E-state index in [-0.39, 0.29) is 0 Å². The topological polar surface area (TPSA) is 17.1 Å². The van der Waals surface area contributed by atoms with Crippen molar-refractivity contribution < 1.29 is 4.79 Å². The van der Waals surface area contributed by atoms with Crippen LogP contribution in [0.1, 0.15) is 47.0 Å². The molecule has 0 bridgehead atoms. The van der Waals surface area contributed by atoms with Crippen LogP contribution in [0.25, 0.3) is 0 Å². The van der Waals surface area contributed by atoms with E-state index in [2.05, 4.69) is 32.9 Å². The van der Waals surface area contributed by atoms with E-state index in [1.165, 1.54) is 11.1 Å². The van der Waals surface area contributed by atoms with E-state index >= 15 is 0 Å². The molecule has 0 aromatic heterocycles. The summed E-state index contributed by atoms with van der Waals surface area (Å²) in [5, 5.41) is 0. The summed E-state index contributed by atoms with van der Waals surface area (Å²) in [6, 6.07) is 0. The Balaban J connectivity index is 3.89. The number of allylic oxidation sites excluding steroid dienone is 6. The lowest BCUT2D eigenvalue weighted by Crippen LogP contribution is -1.79. The molecule has 0 N–H and O–H groups in total. The molecule has 0 heterocycles. The van der Waals surface area contributed by atoms with Crippen LogP contribution >= 0.6 is 0 Å². The molecule has 0 rings (SSSR count). The lowest BCUT2D eigenvalue weighted by atomic mass is 10.1. The molecule has 0 unspecified atom stereocenters. The van der Waals surface area contributed by atoms with Gasteiger partial charge < -0.3 is 0 Å². The standard InChI is InChI=1S/C14H22O/c1-12(2)7-5-8-13(3)9-6-10-14(4)11-15/h7,9-11H,5-6,8H2,1-4H3/b13-9+,14-10+. The van der Waals surface area contributed by atoms with Gasteiger partial charge in [-0.25, -0.2) is 0 Å². The van der Waals surface area contributed by atoms with Crippen molar-refractivity contribution in [2.75, 3.05) is 0 Å². The summed E-state index contributed by atoms with van der Waals surface area (Å²) in [6.45, 7) is 8.22. The zero-order valence-electron chi connectivity index (χ0n) is 10.3. The van der Waals surface area contributed by atoms with Gasteiger partial charge in [0, 0.05) is 0 Å². The molecule has 0 aromatic rings. The van der Waals surface area contributed by atoms with E-state index in [1.807, 2.05) is 13.0 Å². The minimum atomic E-state index is 0.809. The predicted molar refractivity (Wildman–Crippen MR) is 66.9 cm³/mol. The van der Waals surface area contributed by atoms with Gasteiger partial charge in [0.2, 0.25) is 0 Å². The van der Waals surface area contributed by atoms with Crippen LogP contribution in [0.3, 0.4) is 0 Å². The normalized spacial score (nSPS) is 12.5. The highest BCUT2D eigenvalue weighted by Crippen LogP contribution is 2.08. The van der Waals surface area contributed by atoms with Gasteiger partial charge in [-0.1, -0.05) is 29.4 Å². The Bertz CT molecular complexity index is 276.